The molecule has 3 N–H and O–H groups in total. The second kappa shape index (κ2) is 8.95. The Balaban J connectivity index is 4.14. The van der Waals surface area contributed by atoms with E-state index in [9.17, 15) is 9.59 Å². The highest BCUT2D eigenvalue weighted by molar-refractivity contribution is 5.75. The summed E-state index contributed by atoms with van der Waals surface area (Å²) >= 11 is 0. The van der Waals surface area contributed by atoms with Gasteiger partial charge in [-0.15, -0.1) is 0 Å². The van der Waals surface area contributed by atoms with E-state index in [1.807, 2.05) is 0 Å². The highest BCUT2D eigenvalue weighted by Gasteiger charge is 2.24. The first-order chi connectivity index (χ1) is 9.18. The molecule has 0 saturated carbocycles. The zero-order valence-corrected chi connectivity index (χ0v) is 13.3. The summed E-state index contributed by atoms with van der Waals surface area (Å²) in [5, 5.41) is 8.57. The van der Waals surface area contributed by atoms with Crippen molar-refractivity contribution in [3.63, 3.8) is 0 Å². The standard InChI is InChI=1S/C15H30N2O3/c1-15(2,3)12(9-10-16)7-8-13(18)17(4)11-5-6-14(19)20/h12H,5-11,16H2,1-4H3,(H,19,20). The molecule has 0 aliphatic heterocycles. The predicted molar refractivity (Wildman–Crippen MR) is 80.4 cm³/mol. The fourth-order valence-electron chi connectivity index (χ4n) is 2.29. The van der Waals surface area contributed by atoms with Crippen LogP contribution in [0.2, 0.25) is 0 Å². The lowest BCUT2D eigenvalue weighted by Gasteiger charge is -2.31. The summed E-state index contributed by atoms with van der Waals surface area (Å²) in [5.74, 6) is -0.299. The Morgan fingerprint density at radius 3 is 2.25 bits per heavy atom. The molecule has 0 aromatic carbocycles. The molecule has 0 fully saturated rings. The molecule has 118 valence electrons. The number of hydrogen-bond donors (Lipinski definition) is 2. The summed E-state index contributed by atoms with van der Waals surface area (Å²) in [7, 11) is 1.74. The van der Waals surface area contributed by atoms with Crippen molar-refractivity contribution in [3.05, 3.63) is 0 Å². The number of aliphatic carboxylic acids is 1. The summed E-state index contributed by atoms with van der Waals surface area (Å²) in [5.41, 5.74) is 5.79. The molecule has 0 spiro atoms. The summed E-state index contributed by atoms with van der Waals surface area (Å²) in [6.45, 7) is 7.67. The third kappa shape index (κ3) is 8.15. The lowest BCUT2D eigenvalue weighted by molar-refractivity contribution is -0.138. The molecule has 0 aliphatic carbocycles. The van der Waals surface area contributed by atoms with Crippen molar-refractivity contribution in [2.75, 3.05) is 20.1 Å². The van der Waals surface area contributed by atoms with Crippen LogP contribution in [-0.4, -0.2) is 42.0 Å². The largest absolute Gasteiger partial charge is 0.481 e. The van der Waals surface area contributed by atoms with Gasteiger partial charge in [0.05, 0.1) is 0 Å². The van der Waals surface area contributed by atoms with Crippen LogP contribution < -0.4 is 5.73 Å². The first kappa shape index (κ1) is 18.9. The smallest absolute Gasteiger partial charge is 0.303 e. The zero-order valence-electron chi connectivity index (χ0n) is 13.3. The van der Waals surface area contributed by atoms with Crippen LogP contribution in [0.1, 0.15) is 52.9 Å². The molecule has 0 aliphatic rings. The van der Waals surface area contributed by atoms with Crippen LogP contribution in [0, 0.1) is 11.3 Å². The summed E-state index contributed by atoms with van der Waals surface area (Å²) < 4.78 is 0. The van der Waals surface area contributed by atoms with Crippen LogP contribution in [0.3, 0.4) is 0 Å². The Morgan fingerprint density at radius 2 is 1.80 bits per heavy atom. The highest BCUT2D eigenvalue weighted by atomic mass is 16.4. The van der Waals surface area contributed by atoms with Gasteiger partial charge in [0.25, 0.3) is 0 Å². The van der Waals surface area contributed by atoms with Gasteiger partial charge in [-0.3, -0.25) is 9.59 Å². The van der Waals surface area contributed by atoms with E-state index in [0.29, 0.717) is 31.8 Å². The average molecular weight is 286 g/mol. The van der Waals surface area contributed by atoms with Gasteiger partial charge in [-0.1, -0.05) is 20.8 Å². The van der Waals surface area contributed by atoms with Crippen molar-refractivity contribution in [1.29, 1.82) is 0 Å². The van der Waals surface area contributed by atoms with E-state index in [0.717, 1.165) is 12.8 Å². The zero-order chi connectivity index (χ0) is 15.8. The molecule has 1 unspecified atom stereocenters. The fourth-order valence-corrected chi connectivity index (χ4v) is 2.29. The quantitative estimate of drug-likeness (QED) is 0.680. The van der Waals surface area contributed by atoms with Gasteiger partial charge in [-0.25, -0.2) is 0 Å². The van der Waals surface area contributed by atoms with E-state index in [1.54, 1.807) is 11.9 Å². The van der Waals surface area contributed by atoms with E-state index < -0.39 is 5.97 Å². The Kier molecular flexibility index (Phi) is 8.46. The SMILES string of the molecule is CN(CCCC(=O)O)C(=O)CCC(CCN)C(C)(C)C. The van der Waals surface area contributed by atoms with Crippen LogP contribution in [0.25, 0.3) is 0 Å². The van der Waals surface area contributed by atoms with Gasteiger partial charge in [0, 0.05) is 26.4 Å². The number of carboxylic acids is 1. The van der Waals surface area contributed by atoms with E-state index >= 15 is 0 Å². The first-order valence-electron chi connectivity index (χ1n) is 7.34. The van der Waals surface area contributed by atoms with Crippen LogP contribution in [0.5, 0.6) is 0 Å². The highest BCUT2D eigenvalue weighted by Crippen LogP contribution is 2.32. The number of carboxylic acid groups (broad SMARTS) is 1. The van der Waals surface area contributed by atoms with Gasteiger partial charge >= 0.3 is 5.97 Å². The van der Waals surface area contributed by atoms with Gasteiger partial charge < -0.3 is 15.7 Å². The number of nitrogens with two attached hydrogens (primary N) is 1. The normalized spacial score (nSPS) is 13.1. The third-order valence-corrected chi connectivity index (χ3v) is 3.76. The molecular weight excluding hydrogens is 256 g/mol. The number of rotatable bonds is 9. The second-order valence-corrected chi connectivity index (χ2v) is 6.49. The van der Waals surface area contributed by atoms with Crippen LogP contribution >= 0.6 is 0 Å². The van der Waals surface area contributed by atoms with Crippen molar-refractivity contribution >= 4 is 11.9 Å². The molecule has 0 heterocycles. The lowest BCUT2D eigenvalue weighted by atomic mass is 9.76. The monoisotopic (exact) mass is 286 g/mol. The topological polar surface area (TPSA) is 83.6 Å². The Morgan fingerprint density at radius 1 is 1.20 bits per heavy atom. The van der Waals surface area contributed by atoms with E-state index in [-0.39, 0.29) is 17.7 Å². The van der Waals surface area contributed by atoms with E-state index in [2.05, 4.69) is 20.8 Å². The van der Waals surface area contributed by atoms with Crippen LogP contribution in [-0.2, 0) is 9.59 Å². The van der Waals surface area contributed by atoms with Crippen molar-refractivity contribution in [2.45, 2.75) is 52.9 Å². The van der Waals surface area contributed by atoms with E-state index in [1.165, 1.54) is 0 Å². The molecular formula is C15H30N2O3. The van der Waals surface area contributed by atoms with Gasteiger partial charge in [0.15, 0.2) is 0 Å². The minimum atomic E-state index is -0.818. The van der Waals surface area contributed by atoms with Crippen molar-refractivity contribution in [3.8, 4) is 0 Å². The van der Waals surface area contributed by atoms with Gasteiger partial charge in [0.2, 0.25) is 5.91 Å². The fraction of sp³-hybridized carbons (Fsp3) is 0.867. The van der Waals surface area contributed by atoms with Crippen molar-refractivity contribution in [2.24, 2.45) is 17.1 Å². The van der Waals surface area contributed by atoms with Gasteiger partial charge in [-0.05, 0) is 37.1 Å². The maximum absolute atomic E-state index is 12.0. The molecule has 0 saturated heterocycles. The molecule has 0 bridgehead atoms. The molecule has 5 heteroatoms. The predicted octanol–water partition coefficient (Wildman–Crippen LogP) is 2.10. The summed E-state index contributed by atoms with van der Waals surface area (Å²) in [6, 6.07) is 0. The lowest BCUT2D eigenvalue weighted by Crippen LogP contribution is -2.30. The first-order valence-corrected chi connectivity index (χ1v) is 7.34. The number of carbonyl (C=O) groups excluding carboxylic acids is 1. The van der Waals surface area contributed by atoms with E-state index in [4.69, 9.17) is 10.8 Å². The summed E-state index contributed by atoms with van der Waals surface area (Å²) in [4.78, 5) is 24.1. The van der Waals surface area contributed by atoms with Crippen LogP contribution in [0.15, 0.2) is 0 Å². The molecule has 0 radical (unpaired) electrons. The van der Waals surface area contributed by atoms with Gasteiger partial charge in [0.1, 0.15) is 0 Å². The molecule has 5 nitrogen and oxygen atoms in total. The maximum Gasteiger partial charge on any atom is 0.303 e. The number of hydrogen-bond acceptors (Lipinski definition) is 3. The van der Waals surface area contributed by atoms with Crippen LogP contribution in [0.4, 0.5) is 0 Å². The molecule has 20 heavy (non-hydrogen) atoms. The maximum atomic E-state index is 12.0. The number of amides is 1. The average Bonchev–Trinajstić information content (AvgIpc) is 2.31. The molecule has 1 atom stereocenters. The molecule has 0 aromatic rings. The Hall–Kier alpha value is -1.10. The van der Waals surface area contributed by atoms with Crippen molar-refractivity contribution < 1.29 is 14.7 Å². The molecule has 0 aromatic heterocycles. The minimum Gasteiger partial charge on any atom is -0.481 e. The van der Waals surface area contributed by atoms with Gasteiger partial charge in [-0.2, -0.15) is 0 Å². The Bertz CT molecular complexity index is 311. The van der Waals surface area contributed by atoms with Crippen molar-refractivity contribution in [1.82, 2.24) is 4.90 Å². The number of carbonyl (C=O) groups is 2. The number of nitrogens with zero attached hydrogens (tertiary/aromatic N) is 1. The molecule has 1 amide bonds. The summed E-state index contributed by atoms with van der Waals surface area (Å²) in [6.07, 6.45) is 2.88. The molecule has 0 rings (SSSR count). The Labute approximate surface area is 122 Å². The third-order valence-electron chi connectivity index (χ3n) is 3.76. The minimum absolute atomic E-state index is 0.0849. The second-order valence-electron chi connectivity index (χ2n) is 6.49.